The van der Waals surface area contributed by atoms with E-state index in [1.54, 1.807) is 12.1 Å². The summed E-state index contributed by atoms with van der Waals surface area (Å²) in [6, 6.07) is 6.64. The van der Waals surface area contributed by atoms with E-state index in [-0.39, 0.29) is 23.5 Å². The van der Waals surface area contributed by atoms with Crippen LogP contribution in [0, 0.1) is 11.7 Å². The molecule has 2 heterocycles. The summed E-state index contributed by atoms with van der Waals surface area (Å²) < 4.78 is 13.3. The quantitative estimate of drug-likeness (QED) is 0.909. The zero-order chi connectivity index (χ0) is 16.9. The van der Waals surface area contributed by atoms with Crippen LogP contribution in [0.3, 0.4) is 0 Å². The molecule has 1 atom stereocenters. The van der Waals surface area contributed by atoms with Gasteiger partial charge >= 0.3 is 0 Å². The lowest BCUT2D eigenvalue weighted by atomic mass is 9.96. The molecule has 2 amide bonds. The predicted molar refractivity (Wildman–Crippen MR) is 88.6 cm³/mol. The Balaban J connectivity index is 1.58. The van der Waals surface area contributed by atoms with Crippen LogP contribution in [0.1, 0.15) is 24.8 Å². The molecule has 0 aromatic heterocycles. The largest absolute Gasteiger partial charge is 0.354 e. The Hall–Kier alpha value is -1.95. The first-order valence-electron chi connectivity index (χ1n) is 8.64. The fraction of sp³-hybridized carbons (Fsp3) is 0.556. The van der Waals surface area contributed by atoms with Gasteiger partial charge in [0.15, 0.2) is 0 Å². The molecule has 1 N–H and O–H groups in total. The fourth-order valence-corrected chi connectivity index (χ4v) is 3.54. The van der Waals surface area contributed by atoms with Crippen molar-refractivity contribution in [3.63, 3.8) is 0 Å². The molecule has 1 aromatic carbocycles. The number of amides is 2. The number of halogens is 1. The maximum Gasteiger partial charge on any atom is 0.227 e. The molecule has 130 valence electrons. The van der Waals surface area contributed by atoms with E-state index in [0.29, 0.717) is 39.1 Å². The number of likely N-dealkylation sites (tertiary alicyclic amines) is 1. The molecule has 0 saturated carbocycles. The summed E-state index contributed by atoms with van der Waals surface area (Å²) in [5, 5.41) is 2.80. The van der Waals surface area contributed by atoms with Gasteiger partial charge in [-0.1, -0.05) is 12.1 Å². The van der Waals surface area contributed by atoms with Gasteiger partial charge in [-0.25, -0.2) is 4.39 Å². The Bertz CT molecular complexity index is 608. The first-order chi connectivity index (χ1) is 11.6. The van der Waals surface area contributed by atoms with Gasteiger partial charge in [-0.3, -0.25) is 14.5 Å². The second-order valence-electron chi connectivity index (χ2n) is 6.63. The molecule has 0 spiro atoms. The minimum atomic E-state index is -0.223. The first kappa shape index (κ1) is 16.9. The van der Waals surface area contributed by atoms with Crippen LogP contribution >= 0.6 is 0 Å². The lowest BCUT2D eigenvalue weighted by molar-refractivity contribution is -0.137. The smallest absolute Gasteiger partial charge is 0.227 e. The molecule has 2 fully saturated rings. The van der Waals surface area contributed by atoms with Crippen molar-refractivity contribution < 1.29 is 14.0 Å². The van der Waals surface area contributed by atoms with Crippen molar-refractivity contribution in [2.45, 2.75) is 25.8 Å². The summed E-state index contributed by atoms with van der Waals surface area (Å²) in [5.41, 5.74) is 0.938. The first-order valence-corrected chi connectivity index (χ1v) is 8.64. The van der Waals surface area contributed by atoms with Crippen molar-refractivity contribution in [1.29, 1.82) is 0 Å². The van der Waals surface area contributed by atoms with E-state index in [0.717, 1.165) is 24.9 Å². The van der Waals surface area contributed by atoms with Crippen LogP contribution in [0.25, 0.3) is 0 Å². The lowest BCUT2D eigenvalue weighted by Crippen LogP contribution is -2.45. The van der Waals surface area contributed by atoms with Gasteiger partial charge in [-0.2, -0.15) is 0 Å². The molecule has 2 saturated heterocycles. The summed E-state index contributed by atoms with van der Waals surface area (Å²) in [6.45, 7) is 3.93. The summed E-state index contributed by atoms with van der Waals surface area (Å²) in [4.78, 5) is 28.2. The second-order valence-corrected chi connectivity index (χ2v) is 6.63. The highest BCUT2D eigenvalue weighted by molar-refractivity contribution is 5.81. The van der Waals surface area contributed by atoms with Crippen molar-refractivity contribution in [3.05, 3.63) is 35.6 Å². The summed E-state index contributed by atoms with van der Waals surface area (Å²) in [5.74, 6) is -0.0866. The second kappa shape index (κ2) is 7.75. The normalized spacial score (nSPS) is 22.8. The van der Waals surface area contributed by atoms with Crippen molar-refractivity contribution in [2.75, 3.05) is 32.7 Å². The number of nitrogens with one attached hydrogen (secondary N) is 1. The lowest BCUT2D eigenvalue weighted by Gasteiger charge is -2.34. The third kappa shape index (κ3) is 4.32. The van der Waals surface area contributed by atoms with Gasteiger partial charge in [-0.15, -0.1) is 0 Å². The van der Waals surface area contributed by atoms with E-state index in [1.807, 2.05) is 11.0 Å². The number of rotatable bonds is 3. The minimum absolute atomic E-state index is 0.0154. The highest BCUT2D eigenvalue weighted by Crippen LogP contribution is 2.21. The topological polar surface area (TPSA) is 52.7 Å². The van der Waals surface area contributed by atoms with Crippen molar-refractivity contribution >= 4 is 11.8 Å². The summed E-state index contributed by atoms with van der Waals surface area (Å²) >= 11 is 0. The van der Waals surface area contributed by atoms with Gasteiger partial charge in [0.05, 0.1) is 5.92 Å². The number of benzene rings is 1. The molecule has 2 aliphatic heterocycles. The molecule has 5 nitrogen and oxygen atoms in total. The SMILES string of the molecule is O=C1CCN(C(=O)C2CCCN(Cc3cccc(F)c3)C2)CCN1. The summed E-state index contributed by atoms with van der Waals surface area (Å²) in [6.07, 6.45) is 2.23. The van der Waals surface area contributed by atoms with Crippen LogP contribution in [0.5, 0.6) is 0 Å². The number of carbonyl (C=O) groups excluding carboxylic acids is 2. The van der Waals surface area contributed by atoms with Gasteiger partial charge in [-0.05, 0) is 37.1 Å². The van der Waals surface area contributed by atoms with Gasteiger partial charge in [0.1, 0.15) is 5.82 Å². The monoisotopic (exact) mass is 333 g/mol. The number of hydrogen-bond acceptors (Lipinski definition) is 3. The van der Waals surface area contributed by atoms with Crippen LogP contribution in [-0.2, 0) is 16.1 Å². The van der Waals surface area contributed by atoms with Gasteiger partial charge in [0.2, 0.25) is 11.8 Å². The van der Waals surface area contributed by atoms with Crippen LogP contribution in [-0.4, -0.2) is 54.3 Å². The Morgan fingerprint density at radius 3 is 3.00 bits per heavy atom. The van der Waals surface area contributed by atoms with E-state index in [4.69, 9.17) is 0 Å². The number of nitrogens with zero attached hydrogens (tertiary/aromatic N) is 2. The number of carbonyl (C=O) groups is 2. The van der Waals surface area contributed by atoms with Crippen molar-refractivity contribution in [1.82, 2.24) is 15.1 Å². The van der Waals surface area contributed by atoms with Crippen LogP contribution in [0.15, 0.2) is 24.3 Å². The third-order valence-corrected chi connectivity index (χ3v) is 4.77. The van der Waals surface area contributed by atoms with Gasteiger partial charge in [0, 0.05) is 39.1 Å². The number of piperidine rings is 1. The predicted octanol–water partition coefficient (Wildman–Crippen LogP) is 1.39. The summed E-state index contributed by atoms with van der Waals surface area (Å²) in [7, 11) is 0. The Morgan fingerprint density at radius 2 is 2.17 bits per heavy atom. The molecule has 0 bridgehead atoms. The Kier molecular flexibility index (Phi) is 5.45. The zero-order valence-electron chi connectivity index (χ0n) is 13.8. The van der Waals surface area contributed by atoms with E-state index >= 15 is 0 Å². The molecule has 0 aliphatic carbocycles. The Morgan fingerprint density at radius 1 is 1.29 bits per heavy atom. The molecule has 2 aliphatic rings. The molecule has 24 heavy (non-hydrogen) atoms. The highest BCUT2D eigenvalue weighted by atomic mass is 19.1. The molecule has 0 radical (unpaired) electrons. The number of hydrogen-bond donors (Lipinski definition) is 1. The standard InChI is InChI=1S/C18H24FN3O2/c19-16-5-1-3-14(11-16)12-21-8-2-4-15(13-21)18(24)22-9-6-17(23)20-7-10-22/h1,3,5,11,15H,2,4,6-10,12-13H2,(H,20,23). The van der Waals surface area contributed by atoms with Crippen LogP contribution < -0.4 is 5.32 Å². The molecule has 6 heteroatoms. The van der Waals surface area contributed by atoms with Gasteiger partial charge < -0.3 is 10.2 Å². The van der Waals surface area contributed by atoms with Crippen molar-refractivity contribution in [2.24, 2.45) is 5.92 Å². The van der Waals surface area contributed by atoms with Crippen molar-refractivity contribution in [3.8, 4) is 0 Å². The van der Waals surface area contributed by atoms with E-state index in [9.17, 15) is 14.0 Å². The minimum Gasteiger partial charge on any atom is -0.354 e. The van der Waals surface area contributed by atoms with Crippen LogP contribution in [0.2, 0.25) is 0 Å². The molecule has 3 rings (SSSR count). The zero-order valence-corrected chi connectivity index (χ0v) is 13.8. The molecule has 1 unspecified atom stereocenters. The highest BCUT2D eigenvalue weighted by Gasteiger charge is 2.30. The maximum absolute atomic E-state index is 13.3. The third-order valence-electron chi connectivity index (χ3n) is 4.77. The average molecular weight is 333 g/mol. The maximum atomic E-state index is 13.3. The van der Waals surface area contributed by atoms with E-state index < -0.39 is 0 Å². The van der Waals surface area contributed by atoms with E-state index in [2.05, 4.69) is 10.2 Å². The molecular formula is C18H24FN3O2. The Labute approximate surface area is 141 Å². The fourth-order valence-electron chi connectivity index (χ4n) is 3.54. The van der Waals surface area contributed by atoms with Crippen LogP contribution in [0.4, 0.5) is 4.39 Å². The van der Waals surface area contributed by atoms with Gasteiger partial charge in [0.25, 0.3) is 0 Å². The molecule has 1 aromatic rings. The van der Waals surface area contributed by atoms with E-state index in [1.165, 1.54) is 6.07 Å². The molecular weight excluding hydrogens is 309 g/mol. The average Bonchev–Trinajstić information content (AvgIpc) is 2.79.